The normalized spacial score (nSPS) is 12.6. The number of carbonyl (C=O) groups is 1. The van der Waals surface area contributed by atoms with Gasteiger partial charge >= 0.3 is 0 Å². The van der Waals surface area contributed by atoms with Gasteiger partial charge in [0.05, 0.1) is 4.90 Å². The van der Waals surface area contributed by atoms with Crippen LogP contribution < -0.4 is 10.5 Å². The predicted octanol–water partition coefficient (Wildman–Crippen LogP) is 2.47. The molecule has 0 spiro atoms. The molecule has 0 aliphatic carbocycles. The summed E-state index contributed by atoms with van der Waals surface area (Å²) in [6.07, 6.45) is 0.348. The minimum absolute atomic E-state index is 0.0168. The summed E-state index contributed by atoms with van der Waals surface area (Å²) in [6.45, 7) is 1.99. The van der Waals surface area contributed by atoms with Crippen LogP contribution in [-0.4, -0.2) is 14.3 Å². The Hall–Kier alpha value is -2.18. The summed E-state index contributed by atoms with van der Waals surface area (Å²) in [5.41, 5.74) is 1.64. The molecule has 3 N–H and O–H groups in total. The quantitative estimate of drug-likeness (QED) is 0.887. The number of hydrogen-bond donors (Lipinski definition) is 2. The number of nitrogens with two attached hydrogens (primary N) is 1. The van der Waals surface area contributed by atoms with E-state index in [1.807, 2.05) is 37.3 Å². The van der Waals surface area contributed by atoms with Gasteiger partial charge in [-0.2, -0.15) is 0 Å². The number of sulfonamides is 1. The van der Waals surface area contributed by atoms with Gasteiger partial charge in [0.15, 0.2) is 0 Å². The molecule has 2 aromatic rings. The third kappa shape index (κ3) is 4.41. The molecule has 0 bridgehead atoms. The van der Waals surface area contributed by atoms with Crippen LogP contribution in [0.25, 0.3) is 0 Å². The molecular weight excluding hydrogens is 300 g/mol. The molecule has 116 valence electrons. The molecule has 0 saturated carbocycles. The van der Waals surface area contributed by atoms with Crippen LogP contribution in [0.2, 0.25) is 0 Å². The summed E-state index contributed by atoms with van der Waals surface area (Å²) in [5.74, 6) is -0.0235. The van der Waals surface area contributed by atoms with E-state index in [1.165, 1.54) is 24.3 Å². The van der Waals surface area contributed by atoms with E-state index in [4.69, 9.17) is 5.14 Å². The second kappa shape index (κ2) is 6.72. The molecule has 22 heavy (non-hydrogen) atoms. The van der Waals surface area contributed by atoms with Gasteiger partial charge in [-0.25, -0.2) is 13.6 Å². The zero-order valence-corrected chi connectivity index (χ0v) is 13.0. The summed E-state index contributed by atoms with van der Waals surface area (Å²) >= 11 is 0. The summed E-state index contributed by atoms with van der Waals surface area (Å²) in [6, 6.07) is 15.6. The van der Waals surface area contributed by atoms with Gasteiger partial charge in [-0.3, -0.25) is 4.79 Å². The van der Waals surface area contributed by atoms with Gasteiger partial charge < -0.3 is 5.32 Å². The lowest BCUT2D eigenvalue weighted by Gasteiger charge is -2.12. The molecule has 0 aliphatic heterocycles. The van der Waals surface area contributed by atoms with Gasteiger partial charge in [0.1, 0.15) is 0 Å². The molecule has 2 aromatic carbocycles. The first-order chi connectivity index (χ1) is 10.4. The molecule has 0 aliphatic rings. The van der Waals surface area contributed by atoms with Crippen LogP contribution in [0.3, 0.4) is 0 Å². The van der Waals surface area contributed by atoms with Crippen LogP contribution >= 0.6 is 0 Å². The molecule has 0 fully saturated rings. The summed E-state index contributed by atoms with van der Waals surface area (Å²) < 4.78 is 22.3. The maximum absolute atomic E-state index is 12.0. The Morgan fingerprint density at radius 3 is 2.23 bits per heavy atom. The van der Waals surface area contributed by atoms with Gasteiger partial charge in [-0.1, -0.05) is 37.3 Å². The minimum atomic E-state index is -3.72. The van der Waals surface area contributed by atoms with E-state index in [1.54, 1.807) is 0 Å². The zero-order valence-electron chi connectivity index (χ0n) is 12.2. The standard InChI is InChI=1S/C16H18N2O3S/c1-12(13-5-3-2-4-6-13)11-16(19)18-14-7-9-15(10-8-14)22(17,20)21/h2-10,12H,11H2,1H3,(H,18,19)(H2,17,20,21)/t12-/m0/s1. The lowest BCUT2D eigenvalue weighted by atomic mass is 9.97. The van der Waals surface area contributed by atoms with Gasteiger partial charge in [0.25, 0.3) is 0 Å². The smallest absolute Gasteiger partial charge is 0.238 e. The van der Waals surface area contributed by atoms with E-state index in [2.05, 4.69) is 5.32 Å². The van der Waals surface area contributed by atoms with Crippen LogP contribution in [0.5, 0.6) is 0 Å². The average Bonchev–Trinajstić information content (AvgIpc) is 2.47. The molecule has 1 amide bonds. The van der Waals surface area contributed by atoms with Crippen molar-refractivity contribution in [2.24, 2.45) is 5.14 Å². The second-order valence-electron chi connectivity index (χ2n) is 5.13. The van der Waals surface area contributed by atoms with Gasteiger partial charge in [-0.15, -0.1) is 0 Å². The first kappa shape index (κ1) is 16.2. The summed E-state index contributed by atoms with van der Waals surface area (Å²) in [5, 5.41) is 7.77. The highest BCUT2D eigenvalue weighted by molar-refractivity contribution is 7.89. The van der Waals surface area contributed by atoms with Crippen molar-refractivity contribution < 1.29 is 13.2 Å². The fourth-order valence-electron chi connectivity index (χ4n) is 2.12. The molecule has 0 saturated heterocycles. The van der Waals surface area contributed by atoms with Crippen LogP contribution in [-0.2, 0) is 14.8 Å². The van der Waals surface area contributed by atoms with Crippen molar-refractivity contribution in [3.63, 3.8) is 0 Å². The van der Waals surface area contributed by atoms with E-state index in [0.717, 1.165) is 5.56 Å². The highest BCUT2D eigenvalue weighted by Gasteiger charge is 2.12. The minimum Gasteiger partial charge on any atom is -0.326 e. The van der Waals surface area contributed by atoms with Crippen molar-refractivity contribution in [2.45, 2.75) is 24.2 Å². The van der Waals surface area contributed by atoms with E-state index in [0.29, 0.717) is 12.1 Å². The third-order valence-corrected chi connectivity index (χ3v) is 4.26. The maximum Gasteiger partial charge on any atom is 0.238 e. The molecule has 0 aromatic heterocycles. The number of anilines is 1. The first-order valence-electron chi connectivity index (χ1n) is 6.84. The number of carbonyl (C=O) groups excluding carboxylic acids is 1. The van der Waals surface area contributed by atoms with Crippen LogP contribution in [0.4, 0.5) is 5.69 Å². The molecule has 2 rings (SSSR count). The Kier molecular flexibility index (Phi) is 4.95. The van der Waals surface area contributed by atoms with E-state index in [-0.39, 0.29) is 16.7 Å². The molecule has 0 unspecified atom stereocenters. The number of hydrogen-bond acceptors (Lipinski definition) is 3. The number of nitrogens with one attached hydrogen (secondary N) is 1. The molecule has 5 nitrogen and oxygen atoms in total. The lowest BCUT2D eigenvalue weighted by Crippen LogP contribution is -2.15. The van der Waals surface area contributed by atoms with Crippen molar-refractivity contribution in [1.29, 1.82) is 0 Å². The average molecular weight is 318 g/mol. The Bertz CT molecular complexity index is 741. The fraction of sp³-hybridized carbons (Fsp3) is 0.188. The van der Waals surface area contributed by atoms with Crippen LogP contribution in [0, 0.1) is 0 Å². The zero-order chi connectivity index (χ0) is 16.2. The lowest BCUT2D eigenvalue weighted by molar-refractivity contribution is -0.116. The van der Waals surface area contributed by atoms with Crippen molar-refractivity contribution in [2.75, 3.05) is 5.32 Å². The Labute approximate surface area is 130 Å². The summed E-state index contributed by atoms with van der Waals surface area (Å²) in [4.78, 5) is 12.0. The highest BCUT2D eigenvalue weighted by atomic mass is 32.2. The Morgan fingerprint density at radius 1 is 1.09 bits per heavy atom. The monoisotopic (exact) mass is 318 g/mol. The fourth-order valence-corrected chi connectivity index (χ4v) is 2.63. The highest BCUT2D eigenvalue weighted by Crippen LogP contribution is 2.20. The van der Waals surface area contributed by atoms with Crippen molar-refractivity contribution in [3.8, 4) is 0 Å². The van der Waals surface area contributed by atoms with Crippen molar-refractivity contribution in [1.82, 2.24) is 0 Å². The maximum atomic E-state index is 12.0. The van der Waals surface area contributed by atoms with E-state index < -0.39 is 10.0 Å². The van der Waals surface area contributed by atoms with E-state index >= 15 is 0 Å². The SMILES string of the molecule is C[C@@H](CC(=O)Nc1ccc(S(N)(=O)=O)cc1)c1ccccc1. The Morgan fingerprint density at radius 2 is 1.68 bits per heavy atom. The largest absolute Gasteiger partial charge is 0.326 e. The number of benzene rings is 2. The number of amides is 1. The van der Waals surface area contributed by atoms with Crippen LogP contribution in [0.15, 0.2) is 59.5 Å². The topological polar surface area (TPSA) is 89.3 Å². The van der Waals surface area contributed by atoms with Gasteiger partial charge in [-0.05, 0) is 35.7 Å². The molecule has 6 heteroatoms. The Balaban J connectivity index is 1.98. The summed E-state index contributed by atoms with van der Waals surface area (Å²) in [7, 11) is -3.72. The van der Waals surface area contributed by atoms with Gasteiger partial charge in [0, 0.05) is 12.1 Å². The van der Waals surface area contributed by atoms with E-state index in [9.17, 15) is 13.2 Å². The first-order valence-corrected chi connectivity index (χ1v) is 8.38. The van der Waals surface area contributed by atoms with Gasteiger partial charge in [0.2, 0.25) is 15.9 Å². The number of primary sulfonamides is 1. The third-order valence-electron chi connectivity index (χ3n) is 3.33. The van der Waals surface area contributed by atoms with Crippen molar-refractivity contribution in [3.05, 3.63) is 60.2 Å². The molecular formula is C16H18N2O3S. The molecule has 0 heterocycles. The second-order valence-corrected chi connectivity index (χ2v) is 6.69. The van der Waals surface area contributed by atoms with Crippen molar-refractivity contribution >= 4 is 21.6 Å². The van der Waals surface area contributed by atoms with Crippen LogP contribution in [0.1, 0.15) is 24.8 Å². The predicted molar refractivity (Wildman–Crippen MR) is 85.9 cm³/mol. The molecule has 1 atom stereocenters. The number of rotatable bonds is 5. The molecule has 0 radical (unpaired) electrons.